The van der Waals surface area contributed by atoms with Crippen molar-refractivity contribution in [1.29, 1.82) is 0 Å². The molecule has 46 heavy (non-hydrogen) atoms. The van der Waals surface area contributed by atoms with Crippen LogP contribution in [0.3, 0.4) is 0 Å². The predicted octanol–water partition coefficient (Wildman–Crippen LogP) is 8.00. The Kier molecular flexibility index (Phi) is 14.8. The molecule has 13 heteroatoms. The Balaban J connectivity index is 0.000000825. The number of rotatable bonds is 8. The van der Waals surface area contributed by atoms with Crippen molar-refractivity contribution in [3.63, 3.8) is 0 Å². The fraction of sp³-hybridized carbons (Fsp3) is 0.394. The number of nitrogens with zero attached hydrogens (tertiary/aromatic N) is 2. The molecule has 254 valence electrons. The van der Waals surface area contributed by atoms with Crippen molar-refractivity contribution >= 4 is 39.0 Å². The van der Waals surface area contributed by atoms with Crippen LogP contribution in [0, 0.1) is 5.82 Å². The second-order valence-corrected chi connectivity index (χ2v) is 12.6. The van der Waals surface area contributed by atoms with Crippen LogP contribution in [-0.2, 0) is 16.2 Å². The van der Waals surface area contributed by atoms with Crippen LogP contribution in [0.1, 0.15) is 50.8 Å². The fourth-order valence-corrected chi connectivity index (χ4v) is 5.95. The molecule has 0 amide bonds. The van der Waals surface area contributed by atoms with Gasteiger partial charge in [-0.2, -0.15) is 13.2 Å². The number of allylic oxidation sites excluding steroid dienone is 1. The summed E-state index contributed by atoms with van der Waals surface area (Å²) in [6.45, 7) is 8.14. The Morgan fingerprint density at radius 1 is 1.11 bits per heavy atom. The highest BCUT2D eigenvalue weighted by Crippen LogP contribution is 2.41. The SMILES string of the molecule is C/C(=C\c1ccc2c(c1)N(S(=O)(=O)c1cc(C(F)(F)F)ccc1OCCO)CCO2)c1c(F)cccc1Cl.CCC.CCN(C)C. The van der Waals surface area contributed by atoms with Gasteiger partial charge in [-0.25, -0.2) is 12.8 Å². The van der Waals surface area contributed by atoms with E-state index in [0.29, 0.717) is 23.3 Å². The molecule has 7 nitrogen and oxygen atoms in total. The number of benzene rings is 3. The second kappa shape index (κ2) is 17.6. The van der Waals surface area contributed by atoms with Crippen molar-refractivity contribution in [3.05, 3.63) is 82.1 Å². The number of sulfonamides is 1. The molecule has 0 saturated heterocycles. The average Bonchev–Trinajstić information content (AvgIpc) is 2.99. The molecule has 0 unspecified atom stereocenters. The van der Waals surface area contributed by atoms with Crippen LogP contribution in [0.2, 0.25) is 5.02 Å². The van der Waals surface area contributed by atoms with Crippen molar-refractivity contribution in [2.75, 3.05) is 51.3 Å². The van der Waals surface area contributed by atoms with Gasteiger partial charge in [0, 0.05) is 5.56 Å². The van der Waals surface area contributed by atoms with Gasteiger partial charge in [0.1, 0.15) is 35.4 Å². The summed E-state index contributed by atoms with van der Waals surface area (Å²) >= 11 is 6.16. The van der Waals surface area contributed by atoms with Gasteiger partial charge in [-0.1, -0.05) is 57.0 Å². The highest BCUT2D eigenvalue weighted by molar-refractivity contribution is 7.93. The van der Waals surface area contributed by atoms with E-state index in [0.717, 1.165) is 16.9 Å². The van der Waals surface area contributed by atoms with E-state index >= 15 is 0 Å². The molecule has 0 saturated carbocycles. The number of ether oxygens (including phenoxy) is 2. The van der Waals surface area contributed by atoms with Crippen LogP contribution in [0.15, 0.2) is 59.5 Å². The van der Waals surface area contributed by atoms with Gasteiger partial charge in [0.25, 0.3) is 10.0 Å². The summed E-state index contributed by atoms with van der Waals surface area (Å²) in [6.07, 6.45) is -1.95. The number of aliphatic hydroxyl groups excluding tert-OH is 1. The molecule has 1 heterocycles. The Morgan fingerprint density at radius 3 is 2.33 bits per heavy atom. The van der Waals surface area contributed by atoms with Crippen LogP contribution in [0.25, 0.3) is 11.6 Å². The maximum absolute atomic E-state index is 14.4. The van der Waals surface area contributed by atoms with Crippen LogP contribution in [0.4, 0.5) is 23.2 Å². The summed E-state index contributed by atoms with van der Waals surface area (Å²) in [4.78, 5) is 1.42. The molecule has 0 radical (unpaired) electrons. The van der Waals surface area contributed by atoms with Gasteiger partial charge in [0.2, 0.25) is 0 Å². The lowest BCUT2D eigenvalue weighted by molar-refractivity contribution is -0.137. The number of alkyl halides is 3. The molecule has 1 aliphatic heterocycles. The van der Waals surface area contributed by atoms with Gasteiger partial charge in [0.15, 0.2) is 0 Å². The molecule has 0 atom stereocenters. The zero-order chi connectivity index (χ0) is 34.7. The first kappa shape index (κ1) is 38.9. The molecule has 3 aromatic carbocycles. The third kappa shape index (κ3) is 10.3. The molecule has 3 aromatic rings. The summed E-state index contributed by atoms with van der Waals surface area (Å²) < 4.78 is 94.0. The lowest BCUT2D eigenvalue weighted by Gasteiger charge is -2.31. The van der Waals surface area contributed by atoms with Crippen molar-refractivity contribution in [3.8, 4) is 11.5 Å². The van der Waals surface area contributed by atoms with Crippen molar-refractivity contribution in [1.82, 2.24) is 4.90 Å². The Bertz CT molecular complexity index is 1560. The minimum Gasteiger partial charge on any atom is -0.490 e. The van der Waals surface area contributed by atoms with E-state index in [1.165, 1.54) is 36.8 Å². The maximum Gasteiger partial charge on any atom is 0.416 e. The zero-order valence-electron chi connectivity index (χ0n) is 26.8. The number of aliphatic hydroxyl groups is 1. The molecular formula is C33H41ClF4N2O5S. The minimum atomic E-state index is -4.80. The molecule has 1 aliphatic rings. The normalized spacial score (nSPS) is 13.2. The van der Waals surface area contributed by atoms with E-state index in [1.54, 1.807) is 19.1 Å². The number of hydrogen-bond donors (Lipinski definition) is 1. The third-order valence-electron chi connectivity index (χ3n) is 6.36. The summed E-state index contributed by atoms with van der Waals surface area (Å²) in [5, 5.41) is 9.28. The average molecular weight is 689 g/mol. The predicted molar refractivity (Wildman–Crippen MR) is 176 cm³/mol. The first-order valence-corrected chi connectivity index (χ1v) is 16.5. The molecule has 0 bridgehead atoms. The summed E-state index contributed by atoms with van der Waals surface area (Å²) in [5.41, 5.74) is 0.0454. The maximum atomic E-state index is 14.4. The monoisotopic (exact) mass is 688 g/mol. The number of halogens is 5. The molecule has 0 aliphatic carbocycles. The van der Waals surface area contributed by atoms with Crippen LogP contribution in [0.5, 0.6) is 11.5 Å². The van der Waals surface area contributed by atoms with E-state index in [-0.39, 0.29) is 47.5 Å². The molecular weight excluding hydrogens is 648 g/mol. The molecule has 1 N–H and O–H groups in total. The van der Waals surface area contributed by atoms with E-state index in [2.05, 4.69) is 39.8 Å². The topological polar surface area (TPSA) is 79.3 Å². The van der Waals surface area contributed by atoms with E-state index in [1.807, 2.05) is 0 Å². The van der Waals surface area contributed by atoms with Crippen molar-refractivity contribution in [2.24, 2.45) is 0 Å². The van der Waals surface area contributed by atoms with E-state index in [9.17, 15) is 26.0 Å². The van der Waals surface area contributed by atoms with Gasteiger partial charge in [-0.05, 0) is 81.2 Å². The molecule has 0 aromatic heterocycles. The first-order valence-electron chi connectivity index (χ1n) is 14.6. The van der Waals surface area contributed by atoms with Crippen molar-refractivity contribution in [2.45, 2.75) is 45.2 Å². The van der Waals surface area contributed by atoms with Crippen molar-refractivity contribution < 1.29 is 40.6 Å². The lowest BCUT2D eigenvalue weighted by atomic mass is 10.0. The largest absolute Gasteiger partial charge is 0.490 e. The summed E-state index contributed by atoms with van der Waals surface area (Å²) in [5.74, 6) is -0.666. The van der Waals surface area contributed by atoms with E-state index in [4.69, 9.17) is 26.2 Å². The smallest absolute Gasteiger partial charge is 0.416 e. The lowest BCUT2D eigenvalue weighted by Crippen LogP contribution is -2.38. The highest BCUT2D eigenvalue weighted by Gasteiger charge is 2.37. The standard InChI is InChI=1S/C26H22ClF4NO5S.C4H11N.C3H8/c1-16(25-19(27)3-2-4-20(25)28)13-17-5-7-22-21(14-17)32(9-11-36-22)38(34,35)24-15-18(26(29,30)31)6-8-23(24)37-12-10-33;1-4-5(2)3;1-3-2/h2-8,13-15,33H,9-12H2,1H3;4H2,1-3H3;3H2,1-2H3/b16-13+;;. The Morgan fingerprint density at radius 2 is 1.76 bits per heavy atom. The first-order chi connectivity index (χ1) is 21.6. The Labute approximate surface area is 274 Å². The van der Waals surface area contributed by atoms with Crippen LogP contribution >= 0.6 is 11.6 Å². The van der Waals surface area contributed by atoms with Gasteiger partial charge in [0.05, 0.1) is 29.4 Å². The number of hydrogen-bond acceptors (Lipinski definition) is 6. The summed E-state index contributed by atoms with van der Waals surface area (Å²) in [6, 6.07) is 11.0. The van der Waals surface area contributed by atoms with Crippen LogP contribution < -0.4 is 13.8 Å². The van der Waals surface area contributed by atoms with E-state index < -0.39 is 39.1 Å². The van der Waals surface area contributed by atoms with Gasteiger partial charge in [-0.3, -0.25) is 4.31 Å². The Hall–Kier alpha value is -3.32. The fourth-order valence-electron chi connectivity index (χ4n) is 4.03. The van der Waals surface area contributed by atoms with Gasteiger partial charge < -0.3 is 19.5 Å². The molecule has 0 fully saturated rings. The second-order valence-electron chi connectivity index (χ2n) is 10.4. The highest BCUT2D eigenvalue weighted by atomic mass is 35.5. The number of fused-ring (bicyclic) bond motifs is 1. The van der Waals surface area contributed by atoms with Crippen LogP contribution in [-0.4, -0.2) is 65.4 Å². The minimum absolute atomic E-state index is 0.0446. The zero-order valence-corrected chi connectivity index (χ0v) is 28.4. The van der Waals surface area contributed by atoms with Gasteiger partial charge >= 0.3 is 6.18 Å². The molecule has 0 spiro atoms. The molecule has 4 rings (SSSR count). The quantitative estimate of drug-likeness (QED) is 0.191. The summed E-state index contributed by atoms with van der Waals surface area (Å²) in [7, 11) is -0.474. The third-order valence-corrected chi connectivity index (χ3v) is 8.51. The number of anilines is 1. The van der Waals surface area contributed by atoms with Gasteiger partial charge in [-0.15, -0.1) is 0 Å².